The lowest BCUT2D eigenvalue weighted by Gasteiger charge is -2.41. The van der Waals surface area contributed by atoms with Crippen molar-refractivity contribution in [3.8, 4) is 11.5 Å². The van der Waals surface area contributed by atoms with E-state index in [0.29, 0.717) is 6.04 Å². The van der Waals surface area contributed by atoms with E-state index < -0.39 is 8.07 Å². The minimum Gasteiger partial charge on any atom is -0.296 e. The minimum atomic E-state index is -1.34. The summed E-state index contributed by atoms with van der Waals surface area (Å²) in [6.07, 6.45) is 5.31. The zero-order valence-electron chi connectivity index (χ0n) is 16.6. The van der Waals surface area contributed by atoms with Gasteiger partial charge in [0.2, 0.25) is 0 Å². The molecule has 0 amide bonds. The fourth-order valence-electron chi connectivity index (χ4n) is 3.93. The number of fused-ring (bicyclic) bond motifs is 1. The predicted molar refractivity (Wildman–Crippen MR) is 107 cm³/mol. The summed E-state index contributed by atoms with van der Waals surface area (Å²) in [4.78, 5) is 2.64. The molecule has 130 valence electrons. The number of hydrogen-bond acceptors (Lipinski definition) is 1. The highest BCUT2D eigenvalue weighted by molar-refractivity contribution is 6.83. The third-order valence-corrected chi connectivity index (χ3v) is 6.59. The first kappa shape index (κ1) is 17.8. The Labute approximate surface area is 149 Å². The molecular weight excluding hydrogens is 306 g/mol. The van der Waals surface area contributed by atoms with Crippen LogP contribution < -0.4 is 0 Å². The lowest BCUT2D eigenvalue weighted by Crippen LogP contribution is -2.35. The SMILES string of the molecule is Cc1cc2c(cc1C#C[Si](C)(C)C)C(C)(C)CCC2N(C)C1CC1. The topological polar surface area (TPSA) is 3.24 Å². The maximum Gasteiger partial charge on any atom is 0.129 e. The summed E-state index contributed by atoms with van der Waals surface area (Å²) in [5.41, 5.74) is 9.52. The van der Waals surface area contributed by atoms with E-state index in [0.717, 1.165) is 6.04 Å². The summed E-state index contributed by atoms with van der Waals surface area (Å²) in [6.45, 7) is 14.0. The van der Waals surface area contributed by atoms with E-state index in [4.69, 9.17) is 0 Å². The van der Waals surface area contributed by atoms with Crippen LogP contribution in [0.3, 0.4) is 0 Å². The molecule has 1 unspecified atom stereocenters. The Balaban J connectivity index is 2.05. The number of benzene rings is 1. The summed E-state index contributed by atoms with van der Waals surface area (Å²) in [5, 5.41) is 0. The first-order chi connectivity index (χ1) is 11.1. The van der Waals surface area contributed by atoms with E-state index in [1.54, 1.807) is 5.56 Å². The van der Waals surface area contributed by atoms with Gasteiger partial charge in [-0.1, -0.05) is 45.5 Å². The highest BCUT2D eigenvalue weighted by Crippen LogP contribution is 2.46. The molecule has 0 aromatic heterocycles. The van der Waals surface area contributed by atoms with Crippen molar-refractivity contribution in [3.05, 3.63) is 34.4 Å². The van der Waals surface area contributed by atoms with Crippen molar-refractivity contribution in [2.24, 2.45) is 0 Å². The van der Waals surface area contributed by atoms with Gasteiger partial charge in [0.1, 0.15) is 8.07 Å². The van der Waals surface area contributed by atoms with Gasteiger partial charge in [-0.2, -0.15) is 0 Å². The summed E-state index contributed by atoms with van der Waals surface area (Å²) < 4.78 is 0. The minimum absolute atomic E-state index is 0.263. The van der Waals surface area contributed by atoms with Crippen molar-refractivity contribution in [2.75, 3.05) is 7.05 Å². The summed E-state index contributed by atoms with van der Waals surface area (Å²) in [7, 11) is 0.991. The molecule has 1 aromatic rings. The van der Waals surface area contributed by atoms with Crippen LogP contribution in [-0.2, 0) is 5.41 Å². The van der Waals surface area contributed by atoms with Crippen molar-refractivity contribution in [1.29, 1.82) is 0 Å². The van der Waals surface area contributed by atoms with Crippen LogP contribution in [0.25, 0.3) is 0 Å². The zero-order valence-corrected chi connectivity index (χ0v) is 17.6. The molecule has 1 fully saturated rings. The van der Waals surface area contributed by atoms with Crippen LogP contribution in [0.4, 0.5) is 0 Å². The fourth-order valence-corrected chi connectivity index (χ4v) is 4.44. The molecule has 0 radical (unpaired) electrons. The van der Waals surface area contributed by atoms with Gasteiger partial charge in [-0.15, -0.1) is 5.54 Å². The van der Waals surface area contributed by atoms with E-state index in [9.17, 15) is 0 Å². The number of rotatable bonds is 2. The highest BCUT2D eigenvalue weighted by atomic mass is 28.3. The second kappa shape index (κ2) is 6.04. The molecule has 0 N–H and O–H groups in total. The Bertz CT molecular complexity index is 695. The molecule has 24 heavy (non-hydrogen) atoms. The molecule has 0 bridgehead atoms. The van der Waals surface area contributed by atoms with Gasteiger partial charge in [0.15, 0.2) is 0 Å². The van der Waals surface area contributed by atoms with E-state index >= 15 is 0 Å². The van der Waals surface area contributed by atoms with Crippen LogP contribution in [0.5, 0.6) is 0 Å². The van der Waals surface area contributed by atoms with Crippen LogP contribution in [0.1, 0.15) is 67.8 Å². The molecule has 0 aliphatic heterocycles. The Morgan fingerprint density at radius 1 is 1.12 bits per heavy atom. The summed E-state index contributed by atoms with van der Waals surface area (Å²) >= 11 is 0. The van der Waals surface area contributed by atoms with E-state index in [2.05, 4.69) is 76.0 Å². The molecule has 1 aromatic carbocycles. The van der Waals surface area contributed by atoms with E-state index in [1.165, 1.54) is 42.4 Å². The maximum atomic E-state index is 3.55. The van der Waals surface area contributed by atoms with Crippen molar-refractivity contribution in [2.45, 2.75) is 83.6 Å². The predicted octanol–water partition coefficient (Wildman–Crippen LogP) is 5.43. The van der Waals surface area contributed by atoms with Gasteiger partial charge >= 0.3 is 0 Å². The molecule has 1 atom stereocenters. The maximum absolute atomic E-state index is 3.55. The third-order valence-electron chi connectivity index (χ3n) is 5.71. The lowest BCUT2D eigenvalue weighted by molar-refractivity contribution is 0.192. The molecule has 1 saturated carbocycles. The Morgan fingerprint density at radius 3 is 2.38 bits per heavy atom. The molecular formula is C22H33NSi. The second-order valence-corrected chi connectivity index (χ2v) is 14.3. The standard InChI is InChI=1S/C22H33NSi/c1-16-14-19-20(15-17(16)11-13-24(5,6)7)22(2,3)12-10-21(19)23(4)18-8-9-18/h14-15,18,21H,8-10,12H2,1-7H3. The monoisotopic (exact) mass is 339 g/mol. The van der Waals surface area contributed by atoms with Crippen molar-refractivity contribution < 1.29 is 0 Å². The van der Waals surface area contributed by atoms with Gasteiger partial charge in [0, 0.05) is 17.6 Å². The van der Waals surface area contributed by atoms with Gasteiger partial charge in [-0.3, -0.25) is 4.90 Å². The molecule has 2 heteroatoms. The molecule has 0 saturated heterocycles. The molecule has 0 spiro atoms. The fraction of sp³-hybridized carbons (Fsp3) is 0.636. The first-order valence-corrected chi connectivity index (χ1v) is 13.0. The third kappa shape index (κ3) is 3.63. The van der Waals surface area contributed by atoms with Gasteiger partial charge in [0.25, 0.3) is 0 Å². The molecule has 2 aliphatic rings. The van der Waals surface area contributed by atoms with Crippen LogP contribution in [0.15, 0.2) is 12.1 Å². The lowest BCUT2D eigenvalue weighted by atomic mass is 9.69. The molecule has 0 heterocycles. The largest absolute Gasteiger partial charge is 0.296 e. The van der Waals surface area contributed by atoms with Gasteiger partial charge in [-0.25, -0.2) is 0 Å². The highest BCUT2D eigenvalue weighted by Gasteiger charge is 2.39. The summed E-state index contributed by atoms with van der Waals surface area (Å²) in [6, 6.07) is 6.28. The quantitative estimate of drug-likeness (QED) is 0.513. The van der Waals surface area contributed by atoms with Gasteiger partial charge in [0.05, 0.1) is 0 Å². The van der Waals surface area contributed by atoms with Crippen molar-refractivity contribution >= 4 is 8.07 Å². The van der Waals surface area contributed by atoms with Gasteiger partial charge in [-0.05, 0) is 67.8 Å². The van der Waals surface area contributed by atoms with Crippen LogP contribution in [0.2, 0.25) is 19.6 Å². The Hall–Kier alpha value is -1.04. The molecule has 1 nitrogen and oxygen atoms in total. The van der Waals surface area contributed by atoms with Crippen LogP contribution in [0, 0.1) is 18.4 Å². The Morgan fingerprint density at radius 2 is 1.79 bits per heavy atom. The molecule has 2 aliphatic carbocycles. The Kier molecular flexibility index (Phi) is 4.47. The zero-order chi connectivity index (χ0) is 17.7. The van der Waals surface area contributed by atoms with Crippen LogP contribution >= 0.6 is 0 Å². The van der Waals surface area contributed by atoms with Crippen molar-refractivity contribution in [1.82, 2.24) is 4.90 Å². The smallest absolute Gasteiger partial charge is 0.129 e. The number of aryl methyl sites for hydroxylation is 1. The second-order valence-electron chi connectivity index (χ2n) is 9.59. The normalized spacial score (nSPS) is 22.8. The van der Waals surface area contributed by atoms with Gasteiger partial charge < -0.3 is 0 Å². The van der Waals surface area contributed by atoms with Crippen molar-refractivity contribution in [3.63, 3.8) is 0 Å². The summed E-state index contributed by atoms with van der Waals surface area (Å²) in [5.74, 6) is 3.52. The first-order valence-electron chi connectivity index (χ1n) is 9.49. The number of hydrogen-bond donors (Lipinski definition) is 0. The average Bonchev–Trinajstić information content (AvgIpc) is 3.28. The van der Waals surface area contributed by atoms with Crippen LogP contribution in [-0.4, -0.2) is 26.1 Å². The number of nitrogens with zero attached hydrogens (tertiary/aromatic N) is 1. The molecule has 3 rings (SSSR count). The van der Waals surface area contributed by atoms with E-state index in [1.807, 2.05) is 0 Å². The average molecular weight is 340 g/mol. The van der Waals surface area contributed by atoms with E-state index in [-0.39, 0.29) is 5.41 Å².